The Hall–Kier alpha value is -2.70. The average Bonchev–Trinajstić information content (AvgIpc) is 2.71. The Morgan fingerprint density at radius 2 is 1.96 bits per heavy atom. The number of unbranched alkanes of at least 4 members (excludes halogenated alkanes) is 1. The fourth-order valence-corrected chi connectivity index (χ4v) is 3.17. The SMILES string of the molecule is CCCCN(C)c1nc(C)cc(C(=O)N2CCN(c3ccccn3)CC2)n1. The minimum Gasteiger partial charge on any atom is -0.353 e. The molecule has 3 rings (SSSR count). The van der Waals surface area contributed by atoms with Gasteiger partial charge < -0.3 is 14.7 Å². The van der Waals surface area contributed by atoms with Crippen LogP contribution < -0.4 is 9.80 Å². The van der Waals surface area contributed by atoms with E-state index in [0.717, 1.165) is 44.0 Å². The summed E-state index contributed by atoms with van der Waals surface area (Å²) < 4.78 is 0. The van der Waals surface area contributed by atoms with Crippen molar-refractivity contribution in [3.63, 3.8) is 0 Å². The Morgan fingerprint density at radius 1 is 1.19 bits per heavy atom. The third-order valence-electron chi connectivity index (χ3n) is 4.79. The molecular formula is C20H28N6O. The van der Waals surface area contributed by atoms with Gasteiger partial charge in [-0.25, -0.2) is 15.0 Å². The summed E-state index contributed by atoms with van der Waals surface area (Å²) in [6.45, 7) is 7.83. The Labute approximate surface area is 161 Å². The van der Waals surface area contributed by atoms with Crippen LogP contribution in [0.1, 0.15) is 35.9 Å². The predicted molar refractivity (Wildman–Crippen MR) is 107 cm³/mol. The molecule has 144 valence electrons. The minimum absolute atomic E-state index is 0.0219. The lowest BCUT2D eigenvalue weighted by Crippen LogP contribution is -2.49. The molecule has 3 heterocycles. The first-order chi connectivity index (χ1) is 13.1. The highest BCUT2D eigenvalue weighted by atomic mass is 16.2. The number of pyridine rings is 1. The molecule has 1 fully saturated rings. The third kappa shape index (κ3) is 4.72. The molecule has 0 aliphatic carbocycles. The summed E-state index contributed by atoms with van der Waals surface area (Å²) in [5.41, 5.74) is 1.30. The average molecular weight is 368 g/mol. The lowest BCUT2D eigenvalue weighted by atomic mass is 10.2. The van der Waals surface area contributed by atoms with Crippen molar-refractivity contribution >= 4 is 17.7 Å². The molecule has 7 heteroatoms. The van der Waals surface area contributed by atoms with Gasteiger partial charge in [0.2, 0.25) is 5.95 Å². The summed E-state index contributed by atoms with van der Waals surface area (Å²) in [5.74, 6) is 1.56. The molecule has 1 aliphatic heterocycles. The van der Waals surface area contributed by atoms with Crippen molar-refractivity contribution in [3.8, 4) is 0 Å². The Morgan fingerprint density at radius 3 is 2.63 bits per heavy atom. The first-order valence-electron chi connectivity index (χ1n) is 9.60. The fourth-order valence-electron chi connectivity index (χ4n) is 3.17. The molecular weight excluding hydrogens is 340 g/mol. The number of piperazine rings is 1. The molecule has 0 radical (unpaired) electrons. The maximum Gasteiger partial charge on any atom is 0.272 e. The van der Waals surface area contributed by atoms with Gasteiger partial charge in [-0.2, -0.15) is 0 Å². The molecule has 7 nitrogen and oxygen atoms in total. The zero-order valence-corrected chi connectivity index (χ0v) is 16.4. The number of rotatable bonds is 6. The van der Waals surface area contributed by atoms with E-state index in [9.17, 15) is 4.79 Å². The zero-order valence-electron chi connectivity index (χ0n) is 16.4. The van der Waals surface area contributed by atoms with Crippen LogP contribution in [0.3, 0.4) is 0 Å². The molecule has 2 aromatic heterocycles. The summed E-state index contributed by atoms with van der Waals surface area (Å²) in [6.07, 6.45) is 3.99. The van der Waals surface area contributed by atoms with Crippen LogP contribution in [0.2, 0.25) is 0 Å². The number of hydrogen-bond acceptors (Lipinski definition) is 6. The first-order valence-corrected chi connectivity index (χ1v) is 9.60. The van der Waals surface area contributed by atoms with Gasteiger partial charge in [0.15, 0.2) is 0 Å². The maximum absolute atomic E-state index is 13.0. The van der Waals surface area contributed by atoms with E-state index in [0.29, 0.717) is 24.7 Å². The van der Waals surface area contributed by atoms with Crippen molar-refractivity contribution in [2.24, 2.45) is 0 Å². The second kappa shape index (κ2) is 8.79. The number of aromatic nitrogens is 3. The lowest BCUT2D eigenvalue weighted by molar-refractivity contribution is 0.0740. The van der Waals surface area contributed by atoms with Gasteiger partial charge in [-0.1, -0.05) is 19.4 Å². The summed E-state index contributed by atoms with van der Waals surface area (Å²) in [6, 6.07) is 7.68. The quantitative estimate of drug-likeness (QED) is 0.780. The van der Waals surface area contributed by atoms with E-state index in [-0.39, 0.29) is 5.91 Å². The van der Waals surface area contributed by atoms with Crippen molar-refractivity contribution in [1.82, 2.24) is 19.9 Å². The van der Waals surface area contributed by atoms with E-state index in [2.05, 4.69) is 26.8 Å². The number of carbonyl (C=O) groups excluding carboxylic acids is 1. The lowest BCUT2D eigenvalue weighted by Gasteiger charge is -2.35. The molecule has 1 amide bonds. The Balaban J connectivity index is 1.67. The monoisotopic (exact) mass is 368 g/mol. The number of amides is 1. The molecule has 0 spiro atoms. The largest absolute Gasteiger partial charge is 0.353 e. The van der Waals surface area contributed by atoms with Gasteiger partial charge in [0.25, 0.3) is 5.91 Å². The van der Waals surface area contributed by atoms with E-state index in [1.807, 2.05) is 42.0 Å². The molecule has 0 bridgehead atoms. The number of carbonyl (C=O) groups is 1. The summed E-state index contributed by atoms with van der Waals surface area (Å²) in [4.78, 5) is 32.5. The van der Waals surface area contributed by atoms with Crippen LogP contribution in [0.5, 0.6) is 0 Å². The number of anilines is 2. The highest BCUT2D eigenvalue weighted by Crippen LogP contribution is 2.16. The predicted octanol–water partition coefficient (Wildman–Crippen LogP) is 2.38. The van der Waals surface area contributed by atoms with Gasteiger partial charge in [-0.05, 0) is 31.5 Å². The van der Waals surface area contributed by atoms with Crippen LogP contribution in [0.4, 0.5) is 11.8 Å². The first kappa shape index (κ1) is 19.1. The van der Waals surface area contributed by atoms with E-state index < -0.39 is 0 Å². The van der Waals surface area contributed by atoms with Crippen molar-refractivity contribution in [2.75, 3.05) is 49.6 Å². The molecule has 0 saturated carbocycles. The van der Waals surface area contributed by atoms with Crippen LogP contribution in [0, 0.1) is 6.92 Å². The second-order valence-corrected chi connectivity index (χ2v) is 6.94. The van der Waals surface area contributed by atoms with Crippen LogP contribution >= 0.6 is 0 Å². The second-order valence-electron chi connectivity index (χ2n) is 6.94. The van der Waals surface area contributed by atoms with Crippen molar-refractivity contribution in [2.45, 2.75) is 26.7 Å². The molecule has 27 heavy (non-hydrogen) atoms. The molecule has 1 saturated heterocycles. The molecule has 0 aromatic carbocycles. The van der Waals surface area contributed by atoms with Crippen molar-refractivity contribution in [3.05, 3.63) is 41.9 Å². The number of aryl methyl sites for hydroxylation is 1. The standard InChI is InChI=1S/C20H28N6O/c1-4-5-10-24(3)20-22-16(2)15-17(23-20)19(27)26-13-11-25(12-14-26)18-8-6-7-9-21-18/h6-9,15H,4-5,10-14H2,1-3H3. The maximum atomic E-state index is 13.0. The summed E-state index contributed by atoms with van der Waals surface area (Å²) in [7, 11) is 1.98. The normalized spacial score (nSPS) is 14.3. The topological polar surface area (TPSA) is 65.5 Å². The van der Waals surface area contributed by atoms with Gasteiger partial charge in [0.1, 0.15) is 11.5 Å². The summed E-state index contributed by atoms with van der Waals surface area (Å²) >= 11 is 0. The highest BCUT2D eigenvalue weighted by Gasteiger charge is 2.24. The Kier molecular flexibility index (Phi) is 6.21. The van der Waals surface area contributed by atoms with Crippen LogP contribution in [0.15, 0.2) is 30.5 Å². The fraction of sp³-hybridized carbons (Fsp3) is 0.500. The zero-order chi connectivity index (χ0) is 19.2. The van der Waals surface area contributed by atoms with E-state index in [1.165, 1.54) is 0 Å². The van der Waals surface area contributed by atoms with Crippen molar-refractivity contribution < 1.29 is 4.79 Å². The van der Waals surface area contributed by atoms with Gasteiger partial charge >= 0.3 is 0 Å². The van der Waals surface area contributed by atoms with Gasteiger partial charge in [0.05, 0.1) is 0 Å². The van der Waals surface area contributed by atoms with Crippen LogP contribution in [0.25, 0.3) is 0 Å². The van der Waals surface area contributed by atoms with E-state index in [4.69, 9.17) is 0 Å². The molecule has 0 unspecified atom stereocenters. The minimum atomic E-state index is -0.0219. The molecule has 2 aromatic rings. The van der Waals surface area contributed by atoms with Crippen molar-refractivity contribution in [1.29, 1.82) is 0 Å². The van der Waals surface area contributed by atoms with E-state index in [1.54, 1.807) is 12.3 Å². The van der Waals surface area contributed by atoms with Gasteiger partial charge in [0, 0.05) is 51.7 Å². The molecule has 1 aliphatic rings. The van der Waals surface area contributed by atoms with Crippen LogP contribution in [-0.4, -0.2) is 65.5 Å². The summed E-state index contributed by atoms with van der Waals surface area (Å²) in [5, 5.41) is 0. The number of hydrogen-bond donors (Lipinski definition) is 0. The van der Waals surface area contributed by atoms with Gasteiger partial charge in [-0.15, -0.1) is 0 Å². The van der Waals surface area contributed by atoms with Gasteiger partial charge in [-0.3, -0.25) is 4.79 Å². The van der Waals surface area contributed by atoms with Crippen LogP contribution in [-0.2, 0) is 0 Å². The number of nitrogens with zero attached hydrogens (tertiary/aromatic N) is 6. The molecule has 0 N–H and O–H groups in total. The Bertz CT molecular complexity index is 758. The molecule has 0 atom stereocenters. The smallest absolute Gasteiger partial charge is 0.272 e. The van der Waals surface area contributed by atoms with E-state index >= 15 is 0 Å². The third-order valence-corrected chi connectivity index (χ3v) is 4.79. The highest BCUT2D eigenvalue weighted by molar-refractivity contribution is 5.92.